The minimum absolute atomic E-state index is 0. The van der Waals surface area contributed by atoms with Gasteiger partial charge in [-0.05, 0) is 0 Å². The largest absolute Gasteiger partial charge is 0.197 e. The standard InChI is InChI=1S/Ag.Cu.H2S.Sn.Zn/h;;1H2;;. The molecule has 0 aliphatic rings. The molecular weight excluding hydrogens is 388 g/mol. The van der Waals surface area contributed by atoms with Crippen LogP contribution < -0.4 is 0 Å². The van der Waals surface area contributed by atoms with Crippen LogP contribution in [0.3, 0.4) is 0 Å². The van der Waals surface area contributed by atoms with Crippen LogP contribution in [0.2, 0.25) is 0 Å². The third-order valence-electron chi connectivity index (χ3n) is 0. The Kier molecular flexibility index (Phi) is 241. The van der Waals surface area contributed by atoms with E-state index in [2.05, 4.69) is 0 Å². The van der Waals surface area contributed by atoms with Crippen molar-refractivity contribution in [2.45, 2.75) is 0 Å². The van der Waals surface area contributed by atoms with E-state index in [9.17, 15) is 0 Å². The zero-order valence-corrected chi connectivity index (χ0v) is 11.6. The predicted molar refractivity (Wildman–Crippen MR) is 16.1 cm³/mol. The minimum atomic E-state index is 0. The minimum Gasteiger partial charge on any atom is -0.197 e. The summed E-state index contributed by atoms with van der Waals surface area (Å²) in [7, 11) is 0. The van der Waals surface area contributed by atoms with Crippen LogP contribution in [0.25, 0.3) is 0 Å². The first-order valence-corrected chi connectivity index (χ1v) is 0. The Morgan fingerprint density at radius 1 is 1.00 bits per heavy atom. The van der Waals surface area contributed by atoms with E-state index in [0.717, 1.165) is 0 Å². The Balaban J connectivity index is 0. The van der Waals surface area contributed by atoms with Crippen LogP contribution in [0.4, 0.5) is 0 Å². The normalized spacial score (nSPS) is 0. The molecule has 0 nitrogen and oxygen atoms in total. The fourth-order valence-corrected chi connectivity index (χ4v) is 0. The van der Waals surface area contributed by atoms with Gasteiger partial charge >= 0.3 is 0 Å². The van der Waals surface area contributed by atoms with Crippen molar-refractivity contribution in [2.24, 2.45) is 0 Å². The summed E-state index contributed by atoms with van der Waals surface area (Å²) >= 11 is 0. The van der Waals surface area contributed by atoms with E-state index in [4.69, 9.17) is 0 Å². The summed E-state index contributed by atoms with van der Waals surface area (Å²) in [6, 6.07) is 0. The Bertz CT molecular complexity index is 11.6. The van der Waals surface area contributed by atoms with Crippen LogP contribution in [0.1, 0.15) is 0 Å². The Morgan fingerprint density at radius 3 is 1.00 bits per heavy atom. The van der Waals surface area contributed by atoms with Crippen molar-refractivity contribution >= 4 is 37.4 Å². The average Bonchev–Trinajstić information content (AvgIpc) is 0. The molecule has 36 valence electrons. The van der Waals surface area contributed by atoms with Gasteiger partial charge in [-0.15, -0.1) is 0 Å². The van der Waals surface area contributed by atoms with Crippen molar-refractivity contribution < 1.29 is 58.9 Å². The molecule has 0 aliphatic carbocycles. The van der Waals surface area contributed by atoms with Gasteiger partial charge in [-0.25, -0.2) is 0 Å². The van der Waals surface area contributed by atoms with Crippen LogP contribution in [0, 0.1) is 0 Å². The first kappa shape index (κ1) is 43.2. The van der Waals surface area contributed by atoms with Gasteiger partial charge in [0.25, 0.3) is 0 Å². The van der Waals surface area contributed by atoms with Crippen molar-refractivity contribution in [3.8, 4) is 0 Å². The molecule has 0 spiro atoms. The Morgan fingerprint density at radius 2 is 1.00 bits per heavy atom. The molecular formula is H2AgCuSSnZn. The van der Waals surface area contributed by atoms with E-state index in [0.29, 0.717) is 0 Å². The summed E-state index contributed by atoms with van der Waals surface area (Å²) in [5.74, 6) is 0. The van der Waals surface area contributed by atoms with Crippen molar-refractivity contribution in [2.75, 3.05) is 0 Å². The zero-order valence-electron chi connectivity index (χ0n) is 2.31. The number of hydrogen-bond donors (Lipinski definition) is 0. The van der Waals surface area contributed by atoms with Crippen LogP contribution >= 0.6 is 13.5 Å². The molecule has 0 aliphatic heterocycles. The Hall–Kier alpha value is 3.03. The molecule has 0 saturated heterocycles. The second-order valence-electron chi connectivity index (χ2n) is 0. The van der Waals surface area contributed by atoms with Crippen LogP contribution in [-0.4, -0.2) is 23.9 Å². The number of rotatable bonds is 0. The fraction of sp³-hybridized carbons (Fsp3) is 0. The van der Waals surface area contributed by atoms with E-state index >= 15 is 0 Å². The van der Waals surface area contributed by atoms with E-state index < -0.39 is 0 Å². The summed E-state index contributed by atoms with van der Waals surface area (Å²) in [4.78, 5) is 0. The van der Waals surface area contributed by atoms with Gasteiger partial charge in [-0.2, -0.15) is 13.5 Å². The van der Waals surface area contributed by atoms with E-state index in [-0.39, 0.29) is 96.3 Å². The maximum Gasteiger partial charge on any atom is 0 e. The molecule has 0 aromatic rings. The molecule has 0 N–H and O–H groups in total. The molecule has 0 bridgehead atoms. The van der Waals surface area contributed by atoms with Crippen LogP contribution in [-0.2, 0) is 58.9 Å². The second-order valence-corrected chi connectivity index (χ2v) is 0. The molecule has 0 atom stereocenters. The summed E-state index contributed by atoms with van der Waals surface area (Å²) in [6.45, 7) is 0. The first-order chi connectivity index (χ1) is 0. The predicted octanol–water partition coefficient (Wildman–Crippen LogP) is -0.275. The maximum absolute atomic E-state index is 0. The molecule has 5 heteroatoms. The van der Waals surface area contributed by atoms with Crippen molar-refractivity contribution in [1.29, 1.82) is 0 Å². The topological polar surface area (TPSA) is 0 Å². The van der Waals surface area contributed by atoms with Gasteiger partial charge in [0.2, 0.25) is 0 Å². The van der Waals surface area contributed by atoms with Gasteiger partial charge in [0.1, 0.15) is 0 Å². The van der Waals surface area contributed by atoms with Crippen LogP contribution in [0.15, 0.2) is 0 Å². The van der Waals surface area contributed by atoms with Gasteiger partial charge in [0, 0.05) is 82.8 Å². The number of hydrogen-bond acceptors (Lipinski definition) is 0. The molecule has 0 rings (SSSR count). The first-order valence-electron chi connectivity index (χ1n) is 0. The third-order valence-corrected chi connectivity index (χ3v) is 0. The van der Waals surface area contributed by atoms with Crippen molar-refractivity contribution in [3.05, 3.63) is 0 Å². The molecule has 0 aromatic heterocycles. The van der Waals surface area contributed by atoms with Crippen molar-refractivity contribution in [3.63, 3.8) is 0 Å². The molecule has 0 aromatic carbocycles. The van der Waals surface area contributed by atoms with Gasteiger partial charge in [0.15, 0.2) is 0 Å². The second kappa shape index (κ2) is 27.8. The summed E-state index contributed by atoms with van der Waals surface area (Å²) < 4.78 is 0. The smallest absolute Gasteiger partial charge is 0 e. The summed E-state index contributed by atoms with van der Waals surface area (Å²) in [5.41, 5.74) is 0. The molecule has 0 saturated carbocycles. The van der Waals surface area contributed by atoms with Gasteiger partial charge in [-0.3, -0.25) is 0 Å². The van der Waals surface area contributed by atoms with Crippen LogP contribution in [0.5, 0.6) is 0 Å². The Labute approximate surface area is 94.8 Å². The van der Waals surface area contributed by atoms with Gasteiger partial charge in [0.05, 0.1) is 0 Å². The van der Waals surface area contributed by atoms with Crippen molar-refractivity contribution in [1.82, 2.24) is 0 Å². The SMILES string of the molecule is S.[Ag].[Cu].[Sn].[Zn]. The molecule has 0 fully saturated rings. The van der Waals surface area contributed by atoms with E-state index in [1.807, 2.05) is 0 Å². The molecule has 0 unspecified atom stereocenters. The average molecular weight is 390 g/mol. The monoisotopic (exact) mass is 388 g/mol. The van der Waals surface area contributed by atoms with Gasteiger partial charge < -0.3 is 0 Å². The zero-order chi connectivity index (χ0) is 0. The summed E-state index contributed by atoms with van der Waals surface area (Å²) in [6.07, 6.45) is 0. The van der Waals surface area contributed by atoms with Gasteiger partial charge in [-0.1, -0.05) is 0 Å². The molecule has 6 radical (unpaired) electrons. The molecule has 5 heavy (non-hydrogen) atoms. The quantitative estimate of drug-likeness (QED) is 0.500. The molecule has 0 amide bonds. The third kappa shape index (κ3) is 19.4. The van der Waals surface area contributed by atoms with E-state index in [1.54, 1.807) is 0 Å². The molecule has 0 heterocycles. The summed E-state index contributed by atoms with van der Waals surface area (Å²) in [5, 5.41) is 0. The fourth-order valence-electron chi connectivity index (χ4n) is 0. The maximum atomic E-state index is 0. The van der Waals surface area contributed by atoms with E-state index in [1.165, 1.54) is 0 Å².